The van der Waals surface area contributed by atoms with E-state index in [2.05, 4.69) is 34.0 Å². The summed E-state index contributed by atoms with van der Waals surface area (Å²) < 4.78 is 13.7. The lowest BCUT2D eigenvalue weighted by atomic mass is 10.2. The summed E-state index contributed by atoms with van der Waals surface area (Å²) in [6, 6.07) is 13.7. The van der Waals surface area contributed by atoms with E-state index in [0.29, 0.717) is 5.56 Å². The first-order chi connectivity index (χ1) is 8.19. The van der Waals surface area contributed by atoms with Crippen molar-refractivity contribution in [2.45, 2.75) is 0 Å². The predicted molar refractivity (Wildman–Crippen MR) is 73.6 cm³/mol. The van der Waals surface area contributed by atoms with E-state index in [1.165, 1.54) is 12.1 Å². The highest BCUT2D eigenvalue weighted by Crippen LogP contribution is 2.23. The summed E-state index contributed by atoms with van der Waals surface area (Å²) in [7, 11) is 0. The number of nitriles is 1. The van der Waals surface area contributed by atoms with Gasteiger partial charge in [0.05, 0.1) is 17.3 Å². The second-order valence-corrected chi connectivity index (χ2v) is 4.60. The topological polar surface area (TPSA) is 35.8 Å². The van der Waals surface area contributed by atoms with E-state index in [-0.39, 0.29) is 5.82 Å². The van der Waals surface area contributed by atoms with Crippen LogP contribution in [0.15, 0.2) is 42.5 Å². The molecule has 0 heterocycles. The molecule has 2 rings (SSSR count). The Morgan fingerprint density at radius 2 is 1.82 bits per heavy atom. The fraction of sp³-hybridized carbons (Fsp3) is 0. The molecule has 0 aliphatic heterocycles. The van der Waals surface area contributed by atoms with Gasteiger partial charge < -0.3 is 5.32 Å². The lowest BCUT2D eigenvalue weighted by molar-refractivity contribution is 0.627. The number of nitrogens with one attached hydrogen (secondary N) is 1. The van der Waals surface area contributed by atoms with Gasteiger partial charge >= 0.3 is 0 Å². The van der Waals surface area contributed by atoms with Gasteiger partial charge in [-0.25, -0.2) is 4.39 Å². The minimum Gasteiger partial charge on any atom is -0.355 e. The van der Waals surface area contributed by atoms with Crippen molar-refractivity contribution in [3.63, 3.8) is 0 Å². The van der Waals surface area contributed by atoms with Crippen LogP contribution in [0, 0.1) is 20.7 Å². The molecule has 2 aromatic carbocycles. The van der Waals surface area contributed by atoms with Gasteiger partial charge in [-0.15, -0.1) is 0 Å². The highest BCUT2D eigenvalue weighted by molar-refractivity contribution is 14.1. The van der Waals surface area contributed by atoms with Crippen molar-refractivity contribution in [1.29, 1.82) is 5.26 Å². The average Bonchev–Trinajstić information content (AvgIpc) is 2.34. The Morgan fingerprint density at radius 3 is 2.41 bits per heavy atom. The highest BCUT2D eigenvalue weighted by atomic mass is 127. The Hall–Kier alpha value is -1.61. The molecule has 84 valence electrons. The Bertz CT molecular complexity index is 573. The van der Waals surface area contributed by atoms with Crippen molar-refractivity contribution in [2.24, 2.45) is 0 Å². The number of nitrogens with zero attached hydrogens (tertiary/aromatic N) is 1. The van der Waals surface area contributed by atoms with E-state index in [1.54, 1.807) is 18.2 Å². The van der Waals surface area contributed by atoms with Crippen LogP contribution in [0.25, 0.3) is 0 Å². The molecule has 0 saturated carbocycles. The first-order valence-corrected chi connectivity index (χ1v) is 5.99. The lowest BCUT2D eigenvalue weighted by Crippen LogP contribution is -1.93. The molecule has 0 radical (unpaired) electrons. The maximum atomic E-state index is 12.9. The maximum absolute atomic E-state index is 12.9. The van der Waals surface area contributed by atoms with E-state index in [9.17, 15) is 4.39 Å². The lowest BCUT2D eigenvalue weighted by Gasteiger charge is -2.08. The van der Waals surface area contributed by atoms with Gasteiger partial charge in [-0.1, -0.05) is 0 Å². The molecule has 2 aromatic rings. The van der Waals surface area contributed by atoms with Gasteiger partial charge in [0.2, 0.25) is 0 Å². The van der Waals surface area contributed by atoms with Gasteiger partial charge in [0.1, 0.15) is 5.82 Å². The van der Waals surface area contributed by atoms with Crippen LogP contribution in [-0.2, 0) is 0 Å². The van der Waals surface area contributed by atoms with Gasteiger partial charge in [-0.3, -0.25) is 0 Å². The van der Waals surface area contributed by atoms with E-state index in [1.807, 2.05) is 12.1 Å². The summed E-state index contributed by atoms with van der Waals surface area (Å²) in [6.07, 6.45) is 0. The van der Waals surface area contributed by atoms with E-state index in [4.69, 9.17) is 5.26 Å². The standard InChI is InChI=1S/C13H8FIN2/c14-10-3-6-13(12(15)7-10)17-11-4-1-9(8-16)2-5-11/h1-7,17H. The summed E-state index contributed by atoms with van der Waals surface area (Å²) in [5.41, 5.74) is 2.33. The molecule has 4 heteroatoms. The molecule has 0 fully saturated rings. The van der Waals surface area contributed by atoms with Crippen molar-refractivity contribution in [2.75, 3.05) is 5.32 Å². The second kappa shape index (κ2) is 5.15. The van der Waals surface area contributed by atoms with Crippen molar-refractivity contribution < 1.29 is 4.39 Å². The number of hydrogen-bond donors (Lipinski definition) is 1. The molecule has 1 N–H and O–H groups in total. The minimum absolute atomic E-state index is 0.250. The summed E-state index contributed by atoms with van der Waals surface area (Å²) in [5.74, 6) is -0.250. The summed E-state index contributed by atoms with van der Waals surface area (Å²) in [5, 5.41) is 11.8. The molecule has 0 aliphatic rings. The Morgan fingerprint density at radius 1 is 1.12 bits per heavy atom. The Balaban J connectivity index is 2.23. The molecular formula is C13H8FIN2. The molecule has 0 amide bonds. The average molecular weight is 338 g/mol. The van der Waals surface area contributed by atoms with Crippen LogP contribution < -0.4 is 5.32 Å². The molecule has 0 unspecified atom stereocenters. The summed E-state index contributed by atoms with van der Waals surface area (Å²) in [4.78, 5) is 0. The number of halogens is 2. The van der Waals surface area contributed by atoms with Gasteiger partial charge in [-0.05, 0) is 65.1 Å². The molecule has 0 aliphatic carbocycles. The van der Waals surface area contributed by atoms with Crippen molar-refractivity contribution >= 4 is 34.0 Å². The van der Waals surface area contributed by atoms with E-state index < -0.39 is 0 Å². The fourth-order valence-electron chi connectivity index (χ4n) is 1.37. The molecular weight excluding hydrogens is 330 g/mol. The SMILES string of the molecule is N#Cc1ccc(Nc2ccc(F)cc2I)cc1. The zero-order chi connectivity index (χ0) is 12.3. The van der Waals surface area contributed by atoms with Crippen LogP contribution in [-0.4, -0.2) is 0 Å². The normalized spacial score (nSPS) is 9.71. The van der Waals surface area contributed by atoms with E-state index >= 15 is 0 Å². The molecule has 0 bridgehead atoms. The van der Waals surface area contributed by atoms with Crippen LogP contribution in [0.1, 0.15) is 5.56 Å². The molecule has 0 atom stereocenters. The number of benzene rings is 2. The highest BCUT2D eigenvalue weighted by Gasteiger charge is 2.01. The zero-order valence-electron chi connectivity index (χ0n) is 8.74. The summed E-state index contributed by atoms with van der Waals surface area (Å²) >= 11 is 2.07. The first kappa shape index (κ1) is 11.9. The third-order valence-corrected chi connectivity index (χ3v) is 3.12. The van der Waals surface area contributed by atoms with E-state index in [0.717, 1.165) is 14.9 Å². The molecule has 2 nitrogen and oxygen atoms in total. The number of hydrogen-bond acceptors (Lipinski definition) is 2. The third kappa shape index (κ3) is 2.94. The van der Waals surface area contributed by atoms with Crippen LogP contribution in [0.3, 0.4) is 0 Å². The first-order valence-electron chi connectivity index (χ1n) is 4.91. The molecule has 0 saturated heterocycles. The van der Waals surface area contributed by atoms with Crippen LogP contribution in [0.2, 0.25) is 0 Å². The van der Waals surface area contributed by atoms with Crippen molar-refractivity contribution in [1.82, 2.24) is 0 Å². The van der Waals surface area contributed by atoms with Crippen LogP contribution >= 0.6 is 22.6 Å². The van der Waals surface area contributed by atoms with Gasteiger partial charge in [0, 0.05) is 9.26 Å². The largest absolute Gasteiger partial charge is 0.355 e. The van der Waals surface area contributed by atoms with Gasteiger partial charge in [0.15, 0.2) is 0 Å². The van der Waals surface area contributed by atoms with Gasteiger partial charge in [-0.2, -0.15) is 5.26 Å². The number of rotatable bonds is 2. The quantitative estimate of drug-likeness (QED) is 0.839. The number of anilines is 2. The monoisotopic (exact) mass is 338 g/mol. The third-order valence-electron chi connectivity index (χ3n) is 2.22. The van der Waals surface area contributed by atoms with Crippen molar-refractivity contribution in [3.8, 4) is 6.07 Å². The molecule has 0 spiro atoms. The zero-order valence-corrected chi connectivity index (χ0v) is 10.9. The van der Waals surface area contributed by atoms with Crippen LogP contribution in [0.5, 0.6) is 0 Å². The minimum atomic E-state index is -0.250. The summed E-state index contributed by atoms with van der Waals surface area (Å²) in [6.45, 7) is 0. The van der Waals surface area contributed by atoms with Crippen molar-refractivity contribution in [3.05, 3.63) is 57.4 Å². The Labute approximate surface area is 112 Å². The smallest absolute Gasteiger partial charge is 0.124 e. The Kier molecular flexibility index (Phi) is 3.59. The molecule has 17 heavy (non-hydrogen) atoms. The van der Waals surface area contributed by atoms with Gasteiger partial charge in [0.25, 0.3) is 0 Å². The maximum Gasteiger partial charge on any atom is 0.124 e. The molecule has 0 aromatic heterocycles. The fourth-order valence-corrected chi connectivity index (χ4v) is 1.99. The predicted octanol–water partition coefficient (Wildman–Crippen LogP) is 4.05. The second-order valence-electron chi connectivity index (χ2n) is 3.44. The van der Waals surface area contributed by atoms with Crippen LogP contribution in [0.4, 0.5) is 15.8 Å².